The maximum atomic E-state index is 5.14. The maximum Gasteiger partial charge on any atom is 0.122 e. The highest BCUT2D eigenvalue weighted by atomic mass is 16.5. The van der Waals surface area contributed by atoms with Crippen LogP contribution in [0.25, 0.3) is 10.9 Å². The minimum atomic E-state index is 0.607. The molecule has 0 bridgehead atoms. The van der Waals surface area contributed by atoms with Crippen LogP contribution in [0.4, 0.5) is 0 Å². The highest BCUT2D eigenvalue weighted by Crippen LogP contribution is 2.17. The normalized spacial score (nSPS) is 11.1. The molecule has 1 aromatic carbocycles. The molecule has 16 heavy (non-hydrogen) atoms. The van der Waals surface area contributed by atoms with E-state index < -0.39 is 0 Å². The molecule has 0 saturated carbocycles. The fourth-order valence-corrected chi connectivity index (χ4v) is 1.88. The molecule has 1 heterocycles. The average molecular weight is 218 g/mol. The molecule has 0 aliphatic carbocycles. The van der Waals surface area contributed by atoms with E-state index in [1.807, 2.05) is 0 Å². The number of hydrogen-bond acceptors (Lipinski definition) is 2. The van der Waals surface area contributed by atoms with Gasteiger partial charge in [-0.1, -0.05) is 13.0 Å². The highest BCUT2D eigenvalue weighted by molar-refractivity contribution is 5.80. The zero-order chi connectivity index (χ0) is 11.4. The summed E-state index contributed by atoms with van der Waals surface area (Å²) < 4.78 is 7.24. The van der Waals surface area contributed by atoms with Crippen LogP contribution in [0.3, 0.4) is 0 Å². The average Bonchev–Trinajstić information content (AvgIpc) is 2.70. The molecule has 1 aromatic heterocycles. The molecule has 0 radical (unpaired) electrons. The Balaban J connectivity index is 2.26. The van der Waals surface area contributed by atoms with E-state index in [2.05, 4.69) is 47.3 Å². The van der Waals surface area contributed by atoms with E-state index in [0.717, 1.165) is 13.1 Å². The van der Waals surface area contributed by atoms with Crippen molar-refractivity contribution in [2.75, 3.05) is 13.7 Å². The summed E-state index contributed by atoms with van der Waals surface area (Å²) in [6.45, 7) is 4.66. The Kier molecular flexibility index (Phi) is 3.59. The lowest BCUT2D eigenvalue weighted by molar-refractivity contribution is 0.135. The molecule has 0 saturated heterocycles. The Morgan fingerprint density at radius 3 is 2.94 bits per heavy atom. The number of nitrogens with zero attached hydrogens (tertiary/aromatic N) is 1. The number of methoxy groups -OCH3 is 1. The molecule has 0 fully saturated rings. The second-order valence-corrected chi connectivity index (χ2v) is 3.88. The summed E-state index contributed by atoms with van der Waals surface area (Å²) in [5.41, 5.74) is 2.55. The van der Waals surface area contributed by atoms with Crippen LogP contribution >= 0.6 is 0 Å². The number of hydrogen-bond donors (Lipinski definition) is 1. The smallest absolute Gasteiger partial charge is 0.122 e. The van der Waals surface area contributed by atoms with Crippen LogP contribution in [0.1, 0.15) is 12.5 Å². The molecule has 0 amide bonds. The lowest BCUT2D eigenvalue weighted by Crippen LogP contribution is -2.11. The molecule has 0 atom stereocenters. The van der Waals surface area contributed by atoms with Crippen molar-refractivity contribution < 1.29 is 4.74 Å². The highest BCUT2D eigenvalue weighted by Gasteiger charge is 2.01. The summed E-state index contributed by atoms with van der Waals surface area (Å²) in [7, 11) is 1.71. The molecule has 1 N–H and O–H groups in total. The third-order valence-electron chi connectivity index (χ3n) is 2.68. The van der Waals surface area contributed by atoms with E-state index in [-0.39, 0.29) is 0 Å². The SMILES string of the molecule is CCNCc1ccc2c(ccn2COC)c1. The Bertz CT molecular complexity index is 462. The topological polar surface area (TPSA) is 26.2 Å². The van der Waals surface area contributed by atoms with Gasteiger partial charge in [-0.2, -0.15) is 0 Å². The summed E-state index contributed by atoms with van der Waals surface area (Å²) in [6, 6.07) is 8.67. The summed E-state index contributed by atoms with van der Waals surface area (Å²) in [5, 5.41) is 4.60. The van der Waals surface area contributed by atoms with Crippen LogP contribution in [-0.4, -0.2) is 18.2 Å². The van der Waals surface area contributed by atoms with Crippen molar-refractivity contribution in [2.24, 2.45) is 0 Å². The van der Waals surface area contributed by atoms with E-state index >= 15 is 0 Å². The molecular weight excluding hydrogens is 200 g/mol. The number of fused-ring (bicyclic) bond motifs is 1. The van der Waals surface area contributed by atoms with Crippen LogP contribution < -0.4 is 5.32 Å². The lowest BCUT2D eigenvalue weighted by atomic mass is 10.1. The van der Waals surface area contributed by atoms with Gasteiger partial charge < -0.3 is 14.6 Å². The second-order valence-electron chi connectivity index (χ2n) is 3.88. The molecule has 0 aliphatic heterocycles. The third-order valence-corrected chi connectivity index (χ3v) is 2.68. The van der Waals surface area contributed by atoms with Crippen molar-refractivity contribution in [1.29, 1.82) is 0 Å². The fraction of sp³-hybridized carbons (Fsp3) is 0.385. The first-order valence-electron chi connectivity index (χ1n) is 5.62. The number of aromatic nitrogens is 1. The van der Waals surface area contributed by atoms with Crippen LogP contribution in [-0.2, 0) is 18.0 Å². The van der Waals surface area contributed by atoms with Crippen LogP contribution in [0, 0.1) is 0 Å². The summed E-state index contributed by atoms with van der Waals surface area (Å²) in [4.78, 5) is 0. The first kappa shape index (κ1) is 11.2. The molecule has 0 unspecified atom stereocenters. The van der Waals surface area contributed by atoms with Crippen LogP contribution in [0.2, 0.25) is 0 Å². The number of ether oxygens (including phenoxy) is 1. The van der Waals surface area contributed by atoms with Gasteiger partial charge in [0.15, 0.2) is 0 Å². The van der Waals surface area contributed by atoms with Gasteiger partial charge >= 0.3 is 0 Å². The third kappa shape index (κ3) is 2.26. The van der Waals surface area contributed by atoms with Crippen LogP contribution in [0.15, 0.2) is 30.5 Å². The van der Waals surface area contributed by atoms with Crippen molar-refractivity contribution in [2.45, 2.75) is 20.2 Å². The molecular formula is C13H18N2O. The quantitative estimate of drug-likeness (QED) is 0.833. The van der Waals surface area contributed by atoms with Crippen molar-refractivity contribution in [3.63, 3.8) is 0 Å². The zero-order valence-electron chi connectivity index (χ0n) is 9.86. The van der Waals surface area contributed by atoms with E-state index in [1.165, 1.54) is 16.5 Å². The molecule has 0 aliphatic rings. The van der Waals surface area contributed by atoms with Crippen molar-refractivity contribution >= 4 is 10.9 Å². The molecule has 3 heteroatoms. The Hall–Kier alpha value is -1.32. The predicted octanol–water partition coefficient (Wildman–Crippen LogP) is 2.35. The molecule has 3 nitrogen and oxygen atoms in total. The Morgan fingerprint density at radius 1 is 1.31 bits per heavy atom. The van der Waals surface area contributed by atoms with E-state index in [4.69, 9.17) is 4.74 Å². The monoisotopic (exact) mass is 218 g/mol. The van der Waals surface area contributed by atoms with E-state index in [1.54, 1.807) is 7.11 Å². The van der Waals surface area contributed by atoms with E-state index in [9.17, 15) is 0 Å². The van der Waals surface area contributed by atoms with Gasteiger partial charge in [-0.15, -0.1) is 0 Å². The maximum absolute atomic E-state index is 5.14. The predicted molar refractivity (Wildman–Crippen MR) is 66.3 cm³/mol. The lowest BCUT2D eigenvalue weighted by Gasteiger charge is -2.05. The van der Waals surface area contributed by atoms with Gasteiger partial charge in [0.05, 0.1) is 0 Å². The van der Waals surface area contributed by atoms with Gasteiger partial charge in [0.1, 0.15) is 6.73 Å². The van der Waals surface area contributed by atoms with Gasteiger partial charge in [0, 0.05) is 25.4 Å². The molecule has 86 valence electrons. The fourth-order valence-electron chi connectivity index (χ4n) is 1.88. The van der Waals surface area contributed by atoms with Gasteiger partial charge in [0.25, 0.3) is 0 Å². The Morgan fingerprint density at radius 2 is 2.19 bits per heavy atom. The van der Waals surface area contributed by atoms with Crippen molar-refractivity contribution in [1.82, 2.24) is 9.88 Å². The van der Waals surface area contributed by atoms with Crippen molar-refractivity contribution in [3.8, 4) is 0 Å². The number of rotatable bonds is 5. The summed E-state index contributed by atoms with van der Waals surface area (Å²) in [6.07, 6.45) is 2.06. The zero-order valence-corrected chi connectivity index (χ0v) is 9.86. The summed E-state index contributed by atoms with van der Waals surface area (Å²) in [5.74, 6) is 0. The largest absolute Gasteiger partial charge is 0.364 e. The number of benzene rings is 1. The van der Waals surface area contributed by atoms with Gasteiger partial charge in [-0.25, -0.2) is 0 Å². The first-order chi connectivity index (χ1) is 7.85. The summed E-state index contributed by atoms with van der Waals surface area (Å²) >= 11 is 0. The van der Waals surface area contributed by atoms with Gasteiger partial charge in [-0.05, 0) is 35.7 Å². The van der Waals surface area contributed by atoms with E-state index in [0.29, 0.717) is 6.73 Å². The van der Waals surface area contributed by atoms with Gasteiger partial charge in [-0.3, -0.25) is 0 Å². The van der Waals surface area contributed by atoms with Crippen molar-refractivity contribution in [3.05, 3.63) is 36.0 Å². The minimum Gasteiger partial charge on any atom is -0.364 e. The molecule has 0 spiro atoms. The van der Waals surface area contributed by atoms with Gasteiger partial charge in [0.2, 0.25) is 0 Å². The number of nitrogens with one attached hydrogen (secondary N) is 1. The first-order valence-corrected chi connectivity index (χ1v) is 5.62. The molecule has 2 aromatic rings. The van der Waals surface area contributed by atoms with Crippen LogP contribution in [0.5, 0.6) is 0 Å². The minimum absolute atomic E-state index is 0.607. The Labute approximate surface area is 96.0 Å². The standard InChI is InChI=1S/C13H18N2O/c1-3-14-9-11-4-5-13-12(8-11)6-7-15(13)10-16-2/h4-8,14H,3,9-10H2,1-2H3. The second kappa shape index (κ2) is 5.14. The molecule has 2 rings (SSSR count).